The highest BCUT2D eigenvalue weighted by Gasteiger charge is 2.42. The van der Waals surface area contributed by atoms with Gasteiger partial charge in [-0.1, -0.05) is 0 Å². The maximum Gasteiger partial charge on any atom is 0.151 e. The minimum Gasteiger partial charge on any atom is -0.393 e. The van der Waals surface area contributed by atoms with Crippen molar-refractivity contribution in [2.75, 3.05) is 18.0 Å². The number of carbonyl (C=O) groups is 1. The molecule has 2 fully saturated rings. The van der Waals surface area contributed by atoms with Crippen LogP contribution in [0.5, 0.6) is 0 Å². The van der Waals surface area contributed by atoms with Gasteiger partial charge in [0.1, 0.15) is 5.82 Å². The second-order valence-corrected chi connectivity index (χ2v) is 5.50. The van der Waals surface area contributed by atoms with Crippen LogP contribution in [-0.4, -0.2) is 35.6 Å². The summed E-state index contributed by atoms with van der Waals surface area (Å²) in [4.78, 5) is 17.4. The summed E-state index contributed by atoms with van der Waals surface area (Å²) in [5, 5.41) is 9.92. The van der Waals surface area contributed by atoms with Gasteiger partial charge in [0.25, 0.3) is 0 Å². The zero-order valence-corrected chi connectivity index (χ0v) is 10.5. The molecule has 3 atom stereocenters. The van der Waals surface area contributed by atoms with E-state index in [1.807, 2.05) is 13.0 Å². The number of rotatable bonds is 2. The summed E-state index contributed by atoms with van der Waals surface area (Å²) < 4.78 is 0. The van der Waals surface area contributed by atoms with E-state index in [-0.39, 0.29) is 6.10 Å². The topological polar surface area (TPSA) is 53.4 Å². The third-order valence-corrected chi connectivity index (χ3v) is 4.33. The van der Waals surface area contributed by atoms with Crippen LogP contribution in [0.25, 0.3) is 0 Å². The highest BCUT2D eigenvalue weighted by molar-refractivity contribution is 5.75. The van der Waals surface area contributed by atoms with Crippen molar-refractivity contribution in [3.8, 4) is 0 Å². The standard InChI is InChI=1S/C14H18N2O2/c1-9-4-10(8-17)5-15-14(9)16-6-11-2-3-13(18)12(11)7-16/h4-5,8,11-13,18H,2-3,6-7H2,1H3. The Morgan fingerprint density at radius 1 is 1.44 bits per heavy atom. The van der Waals surface area contributed by atoms with E-state index in [2.05, 4.69) is 9.88 Å². The van der Waals surface area contributed by atoms with Crippen molar-refractivity contribution in [3.05, 3.63) is 23.4 Å². The third-order valence-electron chi connectivity index (χ3n) is 4.33. The van der Waals surface area contributed by atoms with Crippen molar-refractivity contribution in [1.82, 2.24) is 4.98 Å². The summed E-state index contributed by atoms with van der Waals surface area (Å²) >= 11 is 0. The Hall–Kier alpha value is -1.42. The lowest BCUT2D eigenvalue weighted by Gasteiger charge is -2.21. The van der Waals surface area contributed by atoms with Gasteiger partial charge in [-0.25, -0.2) is 4.98 Å². The first-order chi connectivity index (χ1) is 8.69. The van der Waals surface area contributed by atoms with Crippen LogP contribution >= 0.6 is 0 Å². The molecule has 4 nitrogen and oxygen atoms in total. The van der Waals surface area contributed by atoms with Crippen molar-refractivity contribution in [2.45, 2.75) is 25.9 Å². The van der Waals surface area contributed by atoms with E-state index < -0.39 is 0 Å². The highest BCUT2D eigenvalue weighted by atomic mass is 16.3. The second kappa shape index (κ2) is 4.35. The molecule has 1 saturated carbocycles. The van der Waals surface area contributed by atoms with Gasteiger partial charge in [0.15, 0.2) is 6.29 Å². The SMILES string of the molecule is Cc1cc(C=O)cnc1N1CC2CCC(O)C2C1. The highest BCUT2D eigenvalue weighted by Crippen LogP contribution is 2.39. The molecule has 18 heavy (non-hydrogen) atoms. The Labute approximate surface area is 107 Å². The van der Waals surface area contributed by atoms with Crippen LogP contribution in [0.15, 0.2) is 12.3 Å². The van der Waals surface area contributed by atoms with E-state index >= 15 is 0 Å². The minimum absolute atomic E-state index is 0.144. The Morgan fingerprint density at radius 2 is 2.28 bits per heavy atom. The maximum absolute atomic E-state index is 10.7. The fourth-order valence-electron chi connectivity index (χ4n) is 3.39. The summed E-state index contributed by atoms with van der Waals surface area (Å²) in [5.74, 6) is 1.96. The molecular weight excluding hydrogens is 228 g/mol. The molecular formula is C14H18N2O2. The van der Waals surface area contributed by atoms with E-state index in [0.717, 1.165) is 43.6 Å². The predicted molar refractivity (Wildman–Crippen MR) is 68.8 cm³/mol. The number of fused-ring (bicyclic) bond motifs is 1. The number of hydrogen-bond donors (Lipinski definition) is 1. The summed E-state index contributed by atoms with van der Waals surface area (Å²) in [6.07, 6.45) is 4.37. The number of aldehydes is 1. The number of hydrogen-bond acceptors (Lipinski definition) is 4. The number of pyridine rings is 1. The maximum atomic E-state index is 10.7. The lowest BCUT2D eigenvalue weighted by molar-refractivity contribution is 0.112. The predicted octanol–water partition coefficient (Wildman–Crippen LogP) is 1.41. The molecule has 0 radical (unpaired) electrons. The van der Waals surface area contributed by atoms with Gasteiger partial charge in [0.05, 0.1) is 6.10 Å². The first-order valence-corrected chi connectivity index (χ1v) is 6.54. The molecule has 2 aliphatic rings. The Kier molecular flexibility index (Phi) is 2.82. The van der Waals surface area contributed by atoms with Gasteiger partial charge in [-0.3, -0.25) is 4.79 Å². The van der Waals surface area contributed by atoms with Gasteiger partial charge in [0, 0.05) is 30.8 Å². The Bertz CT molecular complexity index is 475. The number of aliphatic hydroxyl groups excluding tert-OH is 1. The molecule has 1 aliphatic carbocycles. The Morgan fingerprint density at radius 3 is 2.94 bits per heavy atom. The quantitative estimate of drug-likeness (QED) is 0.802. The largest absolute Gasteiger partial charge is 0.393 e. The zero-order valence-electron chi connectivity index (χ0n) is 10.5. The molecule has 2 heterocycles. The van der Waals surface area contributed by atoms with Crippen molar-refractivity contribution >= 4 is 12.1 Å². The van der Waals surface area contributed by atoms with Crippen LogP contribution in [0.4, 0.5) is 5.82 Å². The second-order valence-electron chi connectivity index (χ2n) is 5.50. The van der Waals surface area contributed by atoms with Gasteiger partial charge in [-0.15, -0.1) is 0 Å². The molecule has 1 aromatic rings. The summed E-state index contributed by atoms with van der Waals surface area (Å²) in [7, 11) is 0. The fourth-order valence-corrected chi connectivity index (χ4v) is 3.39. The first kappa shape index (κ1) is 11.7. The van der Waals surface area contributed by atoms with Gasteiger partial charge in [-0.05, 0) is 37.3 Å². The molecule has 1 aromatic heterocycles. The molecule has 3 rings (SSSR count). The van der Waals surface area contributed by atoms with Crippen LogP contribution in [0.3, 0.4) is 0 Å². The van der Waals surface area contributed by atoms with E-state index in [1.54, 1.807) is 6.20 Å². The van der Waals surface area contributed by atoms with Crippen molar-refractivity contribution < 1.29 is 9.90 Å². The number of anilines is 1. The van der Waals surface area contributed by atoms with Crippen LogP contribution < -0.4 is 4.90 Å². The van der Waals surface area contributed by atoms with E-state index in [0.29, 0.717) is 17.4 Å². The van der Waals surface area contributed by atoms with E-state index in [1.165, 1.54) is 0 Å². The molecule has 0 spiro atoms. The fraction of sp³-hybridized carbons (Fsp3) is 0.571. The molecule has 3 unspecified atom stereocenters. The van der Waals surface area contributed by atoms with Crippen LogP contribution in [0.2, 0.25) is 0 Å². The average Bonchev–Trinajstić information content (AvgIpc) is 2.92. The molecule has 0 amide bonds. The van der Waals surface area contributed by atoms with Gasteiger partial charge in [-0.2, -0.15) is 0 Å². The first-order valence-electron chi connectivity index (χ1n) is 6.54. The normalized spacial score (nSPS) is 30.6. The van der Waals surface area contributed by atoms with Crippen molar-refractivity contribution in [2.24, 2.45) is 11.8 Å². The number of carbonyl (C=O) groups excluding carboxylic acids is 1. The van der Waals surface area contributed by atoms with Gasteiger partial charge in [0.2, 0.25) is 0 Å². The van der Waals surface area contributed by atoms with Crippen LogP contribution in [-0.2, 0) is 0 Å². The summed E-state index contributed by atoms with van der Waals surface area (Å²) in [5.41, 5.74) is 1.66. The molecule has 1 saturated heterocycles. The number of nitrogens with zero attached hydrogens (tertiary/aromatic N) is 2. The van der Waals surface area contributed by atoms with Crippen LogP contribution in [0.1, 0.15) is 28.8 Å². The van der Waals surface area contributed by atoms with Crippen LogP contribution in [0, 0.1) is 18.8 Å². The molecule has 4 heteroatoms. The molecule has 96 valence electrons. The van der Waals surface area contributed by atoms with Crippen molar-refractivity contribution in [3.63, 3.8) is 0 Å². The number of aromatic nitrogens is 1. The monoisotopic (exact) mass is 246 g/mol. The lowest BCUT2D eigenvalue weighted by Crippen LogP contribution is -2.25. The summed E-state index contributed by atoms with van der Waals surface area (Å²) in [6, 6.07) is 1.87. The van der Waals surface area contributed by atoms with Gasteiger partial charge >= 0.3 is 0 Å². The molecule has 1 N–H and O–H groups in total. The number of aryl methyl sites for hydroxylation is 1. The zero-order chi connectivity index (χ0) is 12.7. The van der Waals surface area contributed by atoms with Crippen molar-refractivity contribution in [1.29, 1.82) is 0 Å². The van der Waals surface area contributed by atoms with Gasteiger partial charge < -0.3 is 10.0 Å². The Balaban J connectivity index is 1.82. The third kappa shape index (κ3) is 1.81. The average molecular weight is 246 g/mol. The lowest BCUT2D eigenvalue weighted by atomic mass is 10.00. The van der Waals surface area contributed by atoms with E-state index in [9.17, 15) is 9.90 Å². The smallest absolute Gasteiger partial charge is 0.151 e. The van der Waals surface area contributed by atoms with E-state index in [4.69, 9.17) is 0 Å². The minimum atomic E-state index is -0.144. The molecule has 0 aromatic carbocycles. The number of aliphatic hydroxyl groups is 1. The summed E-state index contributed by atoms with van der Waals surface area (Å²) in [6.45, 7) is 3.86. The molecule has 1 aliphatic heterocycles. The molecule has 0 bridgehead atoms.